The van der Waals surface area contributed by atoms with Gasteiger partial charge in [0.15, 0.2) is 11.7 Å². The molecule has 0 aromatic carbocycles. The van der Waals surface area contributed by atoms with Gasteiger partial charge in [-0.3, -0.25) is 0 Å². The first-order valence-electron chi connectivity index (χ1n) is 6.29. The van der Waals surface area contributed by atoms with Gasteiger partial charge in [-0.15, -0.1) is 5.10 Å². The number of oxime groups is 1. The summed E-state index contributed by atoms with van der Waals surface area (Å²) in [6.45, 7) is 6.69. The van der Waals surface area contributed by atoms with Crippen LogP contribution in [0.15, 0.2) is 5.16 Å². The van der Waals surface area contributed by atoms with Gasteiger partial charge < -0.3 is 20.6 Å². The number of aryl methyl sites for hydroxylation is 1. The van der Waals surface area contributed by atoms with E-state index in [0.717, 1.165) is 37.4 Å². The summed E-state index contributed by atoms with van der Waals surface area (Å²) in [5, 5.41) is 20.4. The van der Waals surface area contributed by atoms with E-state index in [2.05, 4.69) is 20.3 Å². The number of nitrogens with zero attached hydrogens (tertiary/aromatic N) is 4. The van der Waals surface area contributed by atoms with E-state index in [4.69, 9.17) is 15.7 Å². The van der Waals surface area contributed by atoms with E-state index in [9.17, 15) is 0 Å². The van der Waals surface area contributed by atoms with Gasteiger partial charge in [-0.2, -0.15) is 5.10 Å². The second kappa shape index (κ2) is 5.83. The molecule has 1 aromatic rings. The fourth-order valence-electron chi connectivity index (χ4n) is 2.13. The van der Waals surface area contributed by atoms with Crippen LogP contribution in [0.3, 0.4) is 0 Å². The molecule has 104 valence electrons. The molecule has 1 aromatic heterocycles. The zero-order chi connectivity index (χ0) is 13.8. The highest BCUT2D eigenvalue weighted by molar-refractivity contribution is 6.02. The van der Waals surface area contributed by atoms with E-state index in [1.165, 1.54) is 0 Å². The Bertz CT molecular complexity index is 481. The maximum absolute atomic E-state index is 8.95. The molecule has 19 heavy (non-hydrogen) atoms. The average molecular weight is 265 g/mol. The number of hydrogen-bond acceptors (Lipinski definition) is 6. The second-order valence-corrected chi connectivity index (χ2v) is 4.55. The predicted octanol–water partition coefficient (Wildman–Crippen LogP) is 0.415. The molecule has 0 radical (unpaired) electrons. The Balaban J connectivity index is 2.46. The van der Waals surface area contributed by atoms with Crippen molar-refractivity contribution in [2.24, 2.45) is 10.9 Å². The van der Waals surface area contributed by atoms with Crippen LogP contribution in [-0.4, -0.2) is 47.5 Å². The summed E-state index contributed by atoms with van der Waals surface area (Å²) >= 11 is 0. The zero-order valence-corrected chi connectivity index (χ0v) is 11.3. The molecule has 1 aliphatic heterocycles. The van der Waals surface area contributed by atoms with Gasteiger partial charge in [-0.25, -0.2) is 0 Å². The molecule has 3 N–H and O–H groups in total. The SMILES string of the molecule is Cc1nnc(N2CCCOCC2)c(/C(N)=N/O)c1C. The van der Waals surface area contributed by atoms with Crippen molar-refractivity contribution in [2.45, 2.75) is 20.3 Å². The molecule has 0 saturated carbocycles. The van der Waals surface area contributed by atoms with Gasteiger partial charge in [-0.05, 0) is 25.8 Å². The highest BCUT2D eigenvalue weighted by Crippen LogP contribution is 2.22. The largest absolute Gasteiger partial charge is 0.409 e. The quantitative estimate of drug-likeness (QED) is 0.348. The molecule has 1 fully saturated rings. The molecular formula is C12H19N5O2. The standard InChI is InChI=1S/C12H19N5O2/c1-8-9(2)14-15-12(10(8)11(13)16-18)17-4-3-6-19-7-5-17/h18H,3-7H2,1-2H3,(H2,13,16). The first-order valence-corrected chi connectivity index (χ1v) is 6.29. The topological polar surface area (TPSA) is 96.9 Å². The molecule has 0 bridgehead atoms. The van der Waals surface area contributed by atoms with Gasteiger partial charge in [0.1, 0.15) is 0 Å². The third-order valence-electron chi connectivity index (χ3n) is 3.32. The van der Waals surface area contributed by atoms with E-state index in [-0.39, 0.29) is 5.84 Å². The highest BCUT2D eigenvalue weighted by atomic mass is 16.5. The molecule has 7 nitrogen and oxygen atoms in total. The number of anilines is 1. The lowest BCUT2D eigenvalue weighted by atomic mass is 10.1. The molecule has 7 heteroatoms. The Labute approximate surface area is 112 Å². The second-order valence-electron chi connectivity index (χ2n) is 4.55. The van der Waals surface area contributed by atoms with E-state index >= 15 is 0 Å². The first kappa shape index (κ1) is 13.5. The third-order valence-corrected chi connectivity index (χ3v) is 3.32. The van der Waals surface area contributed by atoms with Crippen LogP contribution in [0.4, 0.5) is 5.82 Å². The normalized spacial score (nSPS) is 17.4. The molecule has 0 atom stereocenters. The molecule has 2 heterocycles. The van der Waals surface area contributed by atoms with Crippen LogP contribution in [0, 0.1) is 13.8 Å². The van der Waals surface area contributed by atoms with Gasteiger partial charge in [0, 0.05) is 19.7 Å². The van der Waals surface area contributed by atoms with Crippen molar-refractivity contribution in [3.05, 3.63) is 16.8 Å². The highest BCUT2D eigenvalue weighted by Gasteiger charge is 2.21. The monoisotopic (exact) mass is 265 g/mol. The minimum Gasteiger partial charge on any atom is -0.409 e. The molecule has 0 amide bonds. The van der Waals surface area contributed by atoms with Crippen molar-refractivity contribution in [3.8, 4) is 0 Å². The number of rotatable bonds is 2. The minimum atomic E-state index is 0.0654. The molecular weight excluding hydrogens is 246 g/mol. The third kappa shape index (κ3) is 2.76. The lowest BCUT2D eigenvalue weighted by molar-refractivity contribution is 0.152. The van der Waals surface area contributed by atoms with Crippen molar-refractivity contribution < 1.29 is 9.94 Å². The maximum atomic E-state index is 8.95. The maximum Gasteiger partial charge on any atom is 0.174 e. The minimum absolute atomic E-state index is 0.0654. The van der Waals surface area contributed by atoms with Crippen molar-refractivity contribution in [1.29, 1.82) is 0 Å². The lowest BCUT2D eigenvalue weighted by Gasteiger charge is -2.23. The van der Waals surface area contributed by atoms with Crippen LogP contribution in [0.5, 0.6) is 0 Å². The zero-order valence-electron chi connectivity index (χ0n) is 11.3. The predicted molar refractivity (Wildman–Crippen MR) is 71.7 cm³/mol. The number of ether oxygens (including phenoxy) is 1. The van der Waals surface area contributed by atoms with Crippen LogP contribution in [0.2, 0.25) is 0 Å². The van der Waals surface area contributed by atoms with Gasteiger partial charge in [0.2, 0.25) is 0 Å². The Hall–Kier alpha value is -1.89. The number of amidine groups is 1. The van der Waals surface area contributed by atoms with Crippen molar-refractivity contribution in [2.75, 3.05) is 31.2 Å². The fraction of sp³-hybridized carbons (Fsp3) is 0.583. The summed E-state index contributed by atoms with van der Waals surface area (Å²) in [4.78, 5) is 2.07. The summed E-state index contributed by atoms with van der Waals surface area (Å²) in [5.41, 5.74) is 8.09. The van der Waals surface area contributed by atoms with Gasteiger partial charge in [-0.1, -0.05) is 5.16 Å². The van der Waals surface area contributed by atoms with E-state index < -0.39 is 0 Å². The number of nitrogens with two attached hydrogens (primary N) is 1. The van der Waals surface area contributed by atoms with E-state index in [1.807, 2.05) is 13.8 Å². The summed E-state index contributed by atoms with van der Waals surface area (Å²) in [6, 6.07) is 0. The van der Waals surface area contributed by atoms with Gasteiger partial charge in [0.05, 0.1) is 17.9 Å². The molecule has 1 aliphatic rings. The van der Waals surface area contributed by atoms with Crippen LogP contribution >= 0.6 is 0 Å². The van der Waals surface area contributed by atoms with Crippen LogP contribution in [-0.2, 0) is 4.74 Å². The van der Waals surface area contributed by atoms with Crippen LogP contribution < -0.4 is 10.6 Å². The van der Waals surface area contributed by atoms with Crippen LogP contribution in [0.25, 0.3) is 0 Å². The Kier molecular flexibility index (Phi) is 4.16. The van der Waals surface area contributed by atoms with E-state index in [1.54, 1.807) is 0 Å². The summed E-state index contributed by atoms with van der Waals surface area (Å²) in [7, 11) is 0. The average Bonchev–Trinajstić information content (AvgIpc) is 2.69. The van der Waals surface area contributed by atoms with Crippen molar-refractivity contribution in [1.82, 2.24) is 10.2 Å². The number of aromatic nitrogens is 2. The molecule has 2 rings (SSSR count). The number of hydrogen-bond donors (Lipinski definition) is 2. The molecule has 0 unspecified atom stereocenters. The van der Waals surface area contributed by atoms with E-state index in [0.29, 0.717) is 18.0 Å². The van der Waals surface area contributed by atoms with Crippen LogP contribution in [0.1, 0.15) is 23.2 Å². The fourth-order valence-corrected chi connectivity index (χ4v) is 2.13. The summed E-state index contributed by atoms with van der Waals surface area (Å²) in [5.74, 6) is 0.722. The summed E-state index contributed by atoms with van der Waals surface area (Å²) < 4.78 is 5.43. The molecule has 1 saturated heterocycles. The molecule has 0 aliphatic carbocycles. The lowest BCUT2D eigenvalue weighted by Crippen LogP contribution is -2.31. The van der Waals surface area contributed by atoms with Crippen molar-refractivity contribution >= 4 is 11.7 Å². The summed E-state index contributed by atoms with van der Waals surface area (Å²) in [6.07, 6.45) is 0.921. The van der Waals surface area contributed by atoms with Gasteiger partial charge in [0.25, 0.3) is 0 Å². The Morgan fingerprint density at radius 2 is 2.11 bits per heavy atom. The van der Waals surface area contributed by atoms with Crippen molar-refractivity contribution in [3.63, 3.8) is 0 Å². The van der Waals surface area contributed by atoms with Gasteiger partial charge >= 0.3 is 0 Å². The molecule has 0 spiro atoms. The first-order chi connectivity index (χ1) is 9.15. The Morgan fingerprint density at radius 1 is 1.32 bits per heavy atom. The Morgan fingerprint density at radius 3 is 2.84 bits per heavy atom. The smallest absolute Gasteiger partial charge is 0.174 e.